The van der Waals surface area contributed by atoms with Crippen molar-refractivity contribution in [2.24, 2.45) is 5.92 Å². The fraction of sp³-hybridized carbons (Fsp3) is 0.812. The fourth-order valence-corrected chi connectivity index (χ4v) is 3.50. The number of allylic oxidation sites excluding steroid dienone is 1. The lowest BCUT2D eigenvalue weighted by molar-refractivity contribution is -0.124. The summed E-state index contributed by atoms with van der Waals surface area (Å²) in [6.07, 6.45) is 13.4. The van der Waals surface area contributed by atoms with Gasteiger partial charge in [-0.2, -0.15) is 0 Å². The first-order valence-electron chi connectivity index (χ1n) is 7.69. The van der Waals surface area contributed by atoms with Crippen LogP contribution in [0.2, 0.25) is 0 Å². The van der Waals surface area contributed by atoms with Crippen LogP contribution in [0.1, 0.15) is 64.2 Å². The highest BCUT2D eigenvalue weighted by Gasteiger charge is 2.33. The minimum absolute atomic E-state index is 0.362. The van der Waals surface area contributed by atoms with E-state index < -0.39 is 0 Å². The number of hydrogen-bond acceptors (Lipinski definition) is 2. The molecule has 2 aliphatic heterocycles. The summed E-state index contributed by atoms with van der Waals surface area (Å²) in [5.74, 6) is 0.896. The quantitative estimate of drug-likeness (QED) is 0.551. The first-order chi connectivity index (χ1) is 8.79. The van der Waals surface area contributed by atoms with Gasteiger partial charge in [0.2, 0.25) is 0 Å². The number of carbonyl (C=O) groups excluding carboxylic acids is 1. The standard InChI is InChI=1S/C16H27NO/c1-2-3-4-5-6-10-16(18)13-11-14-8-7-9-15(12-13)17-14/h2,13-15,17H,1,3-12H2. The first kappa shape index (κ1) is 13.8. The van der Waals surface area contributed by atoms with Crippen LogP contribution >= 0.6 is 0 Å². The Morgan fingerprint density at radius 2 is 1.89 bits per heavy atom. The van der Waals surface area contributed by atoms with Crippen LogP contribution < -0.4 is 5.32 Å². The van der Waals surface area contributed by atoms with E-state index in [2.05, 4.69) is 11.9 Å². The second-order valence-corrected chi connectivity index (χ2v) is 6.01. The maximum atomic E-state index is 12.2. The lowest BCUT2D eigenvalue weighted by Gasteiger charge is -2.39. The van der Waals surface area contributed by atoms with Gasteiger partial charge in [0.05, 0.1) is 0 Å². The third kappa shape index (κ3) is 3.94. The van der Waals surface area contributed by atoms with Crippen molar-refractivity contribution in [1.82, 2.24) is 5.32 Å². The maximum absolute atomic E-state index is 12.2. The number of piperidine rings is 2. The Hall–Kier alpha value is -0.630. The highest BCUT2D eigenvalue weighted by molar-refractivity contribution is 5.81. The minimum atomic E-state index is 0.362. The molecule has 2 rings (SSSR count). The Morgan fingerprint density at radius 1 is 1.17 bits per heavy atom. The van der Waals surface area contributed by atoms with E-state index in [4.69, 9.17) is 0 Å². The molecule has 0 aliphatic carbocycles. The molecule has 2 unspecified atom stereocenters. The first-order valence-corrected chi connectivity index (χ1v) is 7.69. The molecule has 1 N–H and O–H groups in total. The minimum Gasteiger partial charge on any atom is -0.311 e. The van der Waals surface area contributed by atoms with Crippen LogP contribution in [0.4, 0.5) is 0 Å². The molecule has 0 aromatic carbocycles. The number of ketones is 1. The average molecular weight is 249 g/mol. The predicted molar refractivity (Wildman–Crippen MR) is 75.6 cm³/mol. The molecule has 0 amide bonds. The molecule has 18 heavy (non-hydrogen) atoms. The molecule has 0 saturated carbocycles. The van der Waals surface area contributed by atoms with E-state index >= 15 is 0 Å². The summed E-state index contributed by atoms with van der Waals surface area (Å²) in [7, 11) is 0. The predicted octanol–water partition coefficient (Wildman–Crippen LogP) is 3.61. The molecule has 2 saturated heterocycles. The average Bonchev–Trinajstić information content (AvgIpc) is 2.38. The molecule has 0 spiro atoms. The Bertz CT molecular complexity index is 275. The number of hydrogen-bond donors (Lipinski definition) is 1. The number of fused-ring (bicyclic) bond motifs is 2. The van der Waals surface area contributed by atoms with E-state index in [-0.39, 0.29) is 0 Å². The van der Waals surface area contributed by atoms with Gasteiger partial charge in [-0.25, -0.2) is 0 Å². The Balaban J connectivity index is 1.67. The Labute approximate surface area is 111 Å². The molecule has 0 aromatic rings. The van der Waals surface area contributed by atoms with Crippen LogP contribution in [0.25, 0.3) is 0 Å². The molecule has 0 aromatic heterocycles. The number of Topliss-reactive ketones (excluding diaryl/α,β-unsaturated/α-hetero) is 1. The van der Waals surface area contributed by atoms with E-state index in [0.717, 1.165) is 32.1 Å². The van der Waals surface area contributed by atoms with Gasteiger partial charge < -0.3 is 5.32 Å². The van der Waals surface area contributed by atoms with Crippen molar-refractivity contribution in [3.05, 3.63) is 12.7 Å². The Morgan fingerprint density at radius 3 is 2.56 bits per heavy atom. The number of nitrogens with one attached hydrogen (secondary N) is 1. The molecule has 2 nitrogen and oxygen atoms in total. The second-order valence-electron chi connectivity index (χ2n) is 6.01. The van der Waals surface area contributed by atoms with E-state index in [0.29, 0.717) is 23.8 Å². The van der Waals surface area contributed by atoms with Crippen molar-refractivity contribution in [2.75, 3.05) is 0 Å². The normalized spacial score (nSPS) is 31.0. The summed E-state index contributed by atoms with van der Waals surface area (Å²) in [6.45, 7) is 3.73. The van der Waals surface area contributed by atoms with Crippen molar-refractivity contribution in [1.29, 1.82) is 0 Å². The monoisotopic (exact) mass is 249 g/mol. The SMILES string of the molecule is C=CCCCCCC(=O)C1CC2CCCC(C1)N2. The summed E-state index contributed by atoms with van der Waals surface area (Å²) < 4.78 is 0. The third-order valence-corrected chi connectivity index (χ3v) is 4.50. The van der Waals surface area contributed by atoms with Crippen molar-refractivity contribution >= 4 is 5.78 Å². The van der Waals surface area contributed by atoms with Gasteiger partial charge in [0.1, 0.15) is 5.78 Å². The van der Waals surface area contributed by atoms with Crippen molar-refractivity contribution in [3.8, 4) is 0 Å². The number of carbonyl (C=O) groups is 1. The zero-order chi connectivity index (χ0) is 12.8. The Kier molecular flexibility index (Phi) is 5.43. The van der Waals surface area contributed by atoms with Crippen molar-refractivity contribution in [2.45, 2.75) is 76.3 Å². The van der Waals surface area contributed by atoms with Crippen LogP contribution in [0.3, 0.4) is 0 Å². The molecular weight excluding hydrogens is 222 g/mol. The topological polar surface area (TPSA) is 29.1 Å². The summed E-state index contributed by atoms with van der Waals surface area (Å²) >= 11 is 0. The van der Waals surface area contributed by atoms with E-state index in [1.165, 1.54) is 32.1 Å². The zero-order valence-electron chi connectivity index (χ0n) is 11.5. The van der Waals surface area contributed by atoms with Crippen molar-refractivity contribution < 1.29 is 4.79 Å². The van der Waals surface area contributed by atoms with Gasteiger partial charge in [0.25, 0.3) is 0 Å². The van der Waals surface area contributed by atoms with E-state index in [1.807, 2.05) is 6.08 Å². The molecule has 2 bridgehead atoms. The van der Waals surface area contributed by atoms with Gasteiger partial charge in [0.15, 0.2) is 0 Å². The summed E-state index contributed by atoms with van der Waals surface area (Å²) in [6, 6.07) is 1.26. The molecule has 2 aliphatic rings. The lowest BCUT2D eigenvalue weighted by atomic mass is 9.77. The molecule has 0 radical (unpaired) electrons. The van der Waals surface area contributed by atoms with Crippen LogP contribution in [0.15, 0.2) is 12.7 Å². The van der Waals surface area contributed by atoms with Gasteiger partial charge in [-0.05, 0) is 44.9 Å². The summed E-state index contributed by atoms with van der Waals surface area (Å²) in [5, 5.41) is 3.66. The summed E-state index contributed by atoms with van der Waals surface area (Å²) in [4.78, 5) is 12.2. The maximum Gasteiger partial charge on any atom is 0.136 e. The second kappa shape index (κ2) is 7.08. The highest BCUT2D eigenvalue weighted by Crippen LogP contribution is 2.31. The van der Waals surface area contributed by atoms with Crippen LogP contribution in [0.5, 0.6) is 0 Å². The summed E-state index contributed by atoms with van der Waals surface area (Å²) in [5.41, 5.74) is 0. The third-order valence-electron chi connectivity index (χ3n) is 4.50. The lowest BCUT2D eigenvalue weighted by Crippen LogP contribution is -2.50. The smallest absolute Gasteiger partial charge is 0.136 e. The van der Waals surface area contributed by atoms with Crippen LogP contribution in [-0.4, -0.2) is 17.9 Å². The largest absolute Gasteiger partial charge is 0.311 e. The molecule has 102 valence electrons. The fourth-order valence-electron chi connectivity index (χ4n) is 3.50. The molecule has 2 atom stereocenters. The van der Waals surface area contributed by atoms with Gasteiger partial charge in [-0.3, -0.25) is 4.79 Å². The molecule has 2 heterocycles. The molecular formula is C16H27NO. The van der Waals surface area contributed by atoms with Gasteiger partial charge in [0, 0.05) is 24.4 Å². The molecule has 2 heteroatoms. The van der Waals surface area contributed by atoms with E-state index in [9.17, 15) is 4.79 Å². The number of unbranched alkanes of at least 4 members (excludes halogenated alkanes) is 3. The van der Waals surface area contributed by atoms with Gasteiger partial charge in [-0.15, -0.1) is 6.58 Å². The van der Waals surface area contributed by atoms with Gasteiger partial charge in [-0.1, -0.05) is 18.9 Å². The van der Waals surface area contributed by atoms with Crippen LogP contribution in [-0.2, 0) is 4.79 Å². The van der Waals surface area contributed by atoms with Gasteiger partial charge >= 0.3 is 0 Å². The van der Waals surface area contributed by atoms with Crippen LogP contribution in [0, 0.1) is 5.92 Å². The van der Waals surface area contributed by atoms with E-state index in [1.54, 1.807) is 0 Å². The number of rotatable bonds is 7. The molecule has 2 fully saturated rings. The zero-order valence-corrected chi connectivity index (χ0v) is 11.5. The van der Waals surface area contributed by atoms with Crippen molar-refractivity contribution in [3.63, 3.8) is 0 Å². The highest BCUT2D eigenvalue weighted by atomic mass is 16.1.